The Labute approximate surface area is 171 Å². The maximum absolute atomic E-state index is 12.4. The molecule has 31 heavy (non-hydrogen) atoms. The van der Waals surface area contributed by atoms with Crippen molar-refractivity contribution in [3.05, 3.63) is 85.2 Å². The van der Waals surface area contributed by atoms with Gasteiger partial charge in [-0.1, -0.05) is 17.3 Å². The van der Waals surface area contributed by atoms with E-state index in [9.17, 15) is 24.5 Å². The van der Waals surface area contributed by atoms with Crippen LogP contribution in [0.15, 0.2) is 62.6 Å². The molecule has 1 N–H and O–H groups in total. The van der Waals surface area contributed by atoms with Crippen LogP contribution < -0.4 is 11.1 Å². The highest BCUT2D eigenvalue weighted by atomic mass is 16.6. The minimum atomic E-state index is -0.803. The number of benzene rings is 2. The molecule has 0 radical (unpaired) electrons. The molecule has 4 rings (SSSR count). The molecule has 0 atom stereocenters. The van der Waals surface area contributed by atoms with Crippen molar-refractivity contribution in [1.82, 2.24) is 19.9 Å². The van der Waals surface area contributed by atoms with E-state index in [1.54, 1.807) is 12.1 Å². The number of nitrogens with one attached hydrogen (secondary N) is 1. The standard InChI is InChI=1S/C19H13N5O7/c25-16(9-23-19(27)14-4-2-1-3-13(14)18(26)21-23)30-10-15-20-17(22-31-15)11-5-7-12(8-6-11)24(28)29/h1-8H,9-10H2,(H,21,26). The van der Waals surface area contributed by atoms with Gasteiger partial charge in [0.05, 0.1) is 15.7 Å². The summed E-state index contributed by atoms with van der Waals surface area (Å²) in [7, 11) is 0. The van der Waals surface area contributed by atoms with Gasteiger partial charge in [0, 0.05) is 17.7 Å². The smallest absolute Gasteiger partial charge is 0.328 e. The first-order chi connectivity index (χ1) is 14.9. The van der Waals surface area contributed by atoms with Crippen LogP contribution in [0.2, 0.25) is 0 Å². The monoisotopic (exact) mass is 423 g/mol. The van der Waals surface area contributed by atoms with E-state index in [1.807, 2.05) is 0 Å². The molecule has 0 unspecified atom stereocenters. The number of fused-ring (bicyclic) bond motifs is 1. The van der Waals surface area contributed by atoms with Crippen LogP contribution >= 0.6 is 0 Å². The average Bonchev–Trinajstić information content (AvgIpc) is 3.25. The minimum absolute atomic E-state index is 0.0129. The summed E-state index contributed by atoms with van der Waals surface area (Å²) in [4.78, 5) is 50.8. The maximum atomic E-state index is 12.4. The molecule has 0 amide bonds. The van der Waals surface area contributed by atoms with Gasteiger partial charge in [0.1, 0.15) is 6.54 Å². The number of aromatic amines is 1. The number of nitro benzene ring substituents is 1. The Kier molecular flexibility index (Phi) is 5.10. The number of nitro groups is 1. The van der Waals surface area contributed by atoms with Crippen LogP contribution in [0.3, 0.4) is 0 Å². The Hall–Kier alpha value is -4.61. The molecular weight excluding hydrogens is 410 g/mol. The van der Waals surface area contributed by atoms with Crippen LogP contribution in [0.4, 0.5) is 5.69 Å². The summed E-state index contributed by atoms with van der Waals surface area (Å²) in [5.41, 5.74) is -0.645. The van der Waals surface area contributed by atoms with Crippen molar-refractivity contribution in [2.24, 2.45) is 0 Å². The fourth-order valence-corrected chi connectivity index (χ4v) is 2.84. The molecule has 2 heterocycles. The number of carbonyl (C=O) groups is 1. The van der Waals surface area contributed by atoms with Crippen molar-refractivity contribution in [3.8, 4) is 11.4 Å². The quantitative estimate of drug-likeness (QED) is 0.274. The number of rotatable bonds is 6. The number of ether oxygens (including phenoxy) is 1. The third-order valence-electron chi connectivity index (χ3n) is 4.33. The van der Waals surface area contributed by atoms with Crippen molar-refractivity contribution < 1.29 is 19.0 Å². The number of H-pyrrole nitrogens is 1. The van der Waals surface area contributed by atoms with Gasteiger partial charge in [-0.05, 0) is 24.3 Å². The van der Waals surface area contributed by atoms with Gasteiger partial charge in [0.15, 0.2) is 6.61 Å². The first kappa shape index (κ1) is 19.7. The Bertz CT molecular complexity index is 1400. The maximum Gasteiger partial charge on any atom is 0.328 e. The molecule has 2 aromatic heterocycles. The summed E-state index contributed by atoms with van der Waals surface area (Å²) in [6.45, 7) is -0.867. The molecule has 156 valence electrons. The van der Waals surface area contributed by atoms with Gasteiger partial charge in [-0.25, -0.2) is 4.68 Å². The van der Waals surface area contributed by atoms with E-state index in [2.05, 4.69) is 15.2 Å². The third kappa shape index (κ3) is 4.07. The van der Waals surface area contributed by atoms with E-state index in [-0.39, 0.29) is 34.8 Å². The van der Waals surface area contributed by atoms with Gasteiger partial charge < -0.3 is 9.26 Å². The second-order valence-electron chi connectivity index (χ2n) is 6.35. The van der Waals surface area contributed by atoms with Gasteiger partial charge in [0.2, 0.25) is 5.82 Å². The van der Waals surface area contributed by atoms with E-state index in [0.717, 1.165) is 4.68 Å². The molecule has 0 saturated carbocycles. The number of hydrogen-bond donors (Lipinski definition) is 1. The molecule has 0 aliphatic carbocycles. The number of esters is 1. The van der Waals surface area contributed by atoms with Gasteiger partial charge in [-0.3, -0.25) is 29.6 Å². The van der Waals surface area contributed by atoms with Gasteiger partial charge in [0.25, 0.3) is 22.7 Å². The first-order valence-corrected chi connectivity index (χ1v) is 8.87. The molecule has 0 fully saturated rings. The van der Waals surface area contributed by atoms with E-state index in [4.69, 9.17) is 9.26 Å². The van der Waals surface area contributed by atoms with Crippen molar-refractivity contribution in [2.45, 2.75) is 13.2 Å². The highest BCUT2D eigenvalue weighted by Gasteiger charge is 2.14. The zero-order chi connectivity index (χ0) is 22.0. The molecule has 0 bridgehead atoms. The molecule has 0 spiro atoms. The average molecular weight is 423 g/mol. The summed E-state index contributed by atoms with van der Waals surface area (Å²) in [5, 5.41) is 17.2. The first-order valence-electron chi connectivity index (χ1n) is 8.87. The van der Waals surface area contributed by atoms with Crippen molar-refractivity contribution in [2.75, 3.05) is 0 Å². The zero-order valence-corrected chi connectivity index (χ0v) is 15.7. The molecule has 0 aliphatic heterocycles. The predicted octanol–water partition coefficient (Wildman–Crippen LogP) is 1.39. The van der Waals surface area contributed by atoms with Crippen LogP contribution in [-0.2, 0) is 22.7 Å². The summed E-state index contributed by atoms with van der Waals surface area (Å²) in [6.07, 6.45) is 0. The van der Waals surface area contributed by atoms with E-state index < -0.39 is 28.6 Å². The van der Waals surface area contributed by atoms with E-state index >= 15 is 0 Å². The SMILES string of the molecule is O=C(Cn1[nH]c(=O)c2ccccc2c1=O)OCc1nc(-c2ccc([N+](=O)[O-])cc2)no1. The fraction of sp³-hybridized carbons (Fsp3) is 0.105. The number of aromatic nitrogens is 4. The second kappa shape index (κ2) is 8.02. The van der Waals surface area contributed by atoms with Crippen molar-refractivity contribution in [3.63, 3.8) is 0 Å². The van der Waals surface area contributed by atoms with Crippen LogP contribution in [0, 0.1) is 10.1 Å². The molecule has 12 heteroatoms. The minimum Gasteiger partial charge on any atom is -0.454 e. The zero-order valence-electron chi connectivity index (χ0n) is 15.7. The van der Waals surface area contributed by atoms with Crippen molar-refractivity contribution >= 4 is 22.4 Å². The number of nitrogens with zero attached hydrogens (tertiary/aromatic N) is 4. The van der Waals surface area contributed by atoms with Gasteiger partial charge in [-0.2, -0.15) is 4.98 Å². The van der Waals surface area contributed by atoms with Gasteiger partial charge in [-0.15, -0.1) is 0 Å². The lowest BCUT2D eigenvalue weighted by Gasteiger charge is -2.06. The number of non-ortho nitro benzene ring substituents is 1. The molecule has 2 aromatic carbocycles. The molecular formula is C19H13N5O7. The third-order valence-corrected chi connectivity index (χ3v) is 4.33. The Morgan fingerprint density at radius 3 is 2.55 bits per heavy atom. The summed E-state index contributed by atoms with van der Waals surface area (Å²) < 4.78 is 10.9. The molecule has 0 saturated heterocycles. The van der Waals surface area contributed by atoms with Crippen molar-refractivity contribution in [1.29, 1.82) is 0 Å². The summed E-state index contributed by atoms with van der Waals surface area (Å²) in [5.74, 6) is -0.653. The summed E-state index contributed by atoms with van der Waals surface area (Å²) >= 11 is 0. The largest absolute Gasteiger partial charge is 0.454 e. The number of carbonyl (C=O) groups excluding carboxylic acids is 1. The Morgan fingerprint density at radius 2 is 1.84 bits per heavy atom. The Morgan fingerprint density at radius 1 is 1.13 bits per heavy atom. The summed E-state index contributed by atoms with van der Waals surface area (Å²) in [6, 6.07) is 11.8. The lowest BCUT2D eigenvalue weighted by Crippen LogP contribution is -2.32. The molecule has 0 aliphatic rings. The lowest BCUT2D eigenvalue weighted by atomic mass is 10.2. The van der Waals surface area contributed by atoms with Crippen LogP contribution in [0.25, 0.3) is 22.2 Å². The van der Waals surface area contributed by atoms with Crippen LogP contribution in [0.1, 0.15) is 5.89 Å². The molecule has 12 nitrogen and oxygen atoms in total. The predicted molar refractivity (Wildman–Crippen MR) is 105 cm³/mol. The van der Waals surface area contributed by atoms with Crippen LogP contribution in [-0.4, -0.2) is 30.8 Å². The van der Waals surface area contributed by atoms with Crippen LogP contribution in [0.5, 0.6) is 0 Å². The topological polar surface area (TPSA) is 163 Å². The highest BCUT2D eigenvalue weighted by molar-refractivity contribution is 5.80. The lowest BCUT2D eigenvalue weighted by molar-refractivity contribution is -0.384. The second-order valence-corrected chi connectivity index (χ2v) is 6.35. The van der Waals surface area contributed by atoms with Gasteiger partial charge >= 0.3 is 5.97 Å². The van der Waals surface area contributed by atoms with E-state index in [1.165, 1.54) is 36.4 Å². The number of hydrogen-bond acceptors (Lipinski definition) is 9. The fourth-order valence-electron chi connectivity index (χ4n) is 2.84. The molecule has 4 aromatic rings. The van der Waals surface area contributed by atoms with E-state index in [0.29, 0.717) is 5.56 Å². The Balaban J connectivity index is 1.42. The highest BCUT2D eigenvalue weighted by Crippen LogP contribution is 2.20. The normalized spacial score (nSPS) is 10.8.